The zero-order valence-electron chi connectivity index (χ0n) is 7.54. The van der Waals surface area contributed by atoms with Gasteiger partial charge in [-0.2, -0.15) is 0 Å². The number of hydrogen-bond donors (Lipinski definition) is 0. The fourth-order valence-corrected chi connectivity index (χ4v) is 2.09. The molecular weight excluding hydrogens is 212 g/mol. The smallest absolute Gasteiger partial charge is 0.234 e. The van der Waals surface area contributed by atoms with Gasteiger partial charge in [-0.05, 0) is 18.8 Å². The van der Waals surface area contributed by atoms with Crippen LogP contribution in [0.15, 0.2) is 0 Å². The minimum Gasteiger partial charge on any atom is -0.380 e. The first kappa shape index (κ1) is 11.3. The van der Waals surface area contributed by atoms with E-state index in [2.05, 4.69) is 0 Å². The van der Waals surface area contributed by atoms with Crippen molar-refractivity contribution in [2.24, 2.45) is 5.92 Å². The van der Waals surface area contributed by atoms with Gasteiger partial charge in [-0.3, -0.25) is 0 Å². The van der Waals surface area contributed by atoms with Gasteiger partial charge in [0.2, 0.25) is 9.05 Å². The topological polar surface area (TPSA) is 43.4 Å². The Morgan fingerprint density at radius 3 is 2.46 bits per heavy atom. The Bertz CT molecular complexity index is 232. The molecule has 1 aliphatic carbocycles. The van der Waals surface area contributed by atoms with E-state index >= 15 is 0 Å². The summed E-state index contributed by atoms with van der Waals surface area (Å²) >= 11 is 0. The molecule has 78 valence electrons. The van der Waals surface area contributed by atoms with Crippen molar-refractivity contribution in [3.63, 3.8) is 0 Å². The highest BCUT2D eigenvalue weighted by molar-refractivity contribution is 8.13. The number of ether oxygens (including phenoxy) is 1. The Morgan fingerprint density at radius 2 is 1.92 bits per heavy atom. The zero-order chi connectivity index (χ0) is 9.73. The monoisotopic (exact) mass is 226 g/mol. The van der Waals surface area contributed by atoms with Crippen LogP contribution >= 0.6 is 10.7 Å². The predicted octanol–water partition coefficient (Wildman–Crippen LogP) is 1.76. The zero-order valence-corrected chi connectivity index (χ0v) is 9.11. The van der Waals surface area contributed by atoms with E-state index in [0.29, 0.717) is 12.5 Å². The van der Waals surface area contributed by atoms with Crippen LogP contribution in [0, 0.1) is 5.92 Å². The van der Waals surface area contributed by atoms with Crippen LogP contribution in [0.5, 0.6) is 0 Å². The van der Waals surface area contributed by atoms with E-state index in [4.69, 9.17) is 15.4 Å². The van der Waals surface area contributed by atoms with E-state index < -0.39 is 9.05 Å². The van der Waals surface area contributed by atoms with Crippen molar-refractivity contribution in [1.82, 2.24) is 0 Å². The van der Waals surface area contributed by atoms with Crippen LogP contribution < -0.4 is 0 Å². The summed E-state index contributed by atoms with van der Waals surface area (Å²) in [7, 11) is 1.65. The van der Waals surface area contributed by atoms with Crippen LogP contribution in [0.2, 0.25) is 0 Å². The average Bonchev–Trinajstić information content (AvgIpc) is 2.48. The molecule has 1 rings (SSSR count). The average molecular weight is 227 g/mol. The largest absolute Gasteiger partial charge is 0.380 e. The normalized spacial score (nSPS) is 19.5. The summed E-state index contributed by atoms with van der Waals surface area (Å²) in [5.74, 6) is 0.555. The molecule has 1 fully saturated rings. The molecule has 0 aromatic rings. The predicted molar refractivity (Wildman–Crippen MR) is 52.4 cm³/mol. The maximum absolute atomic E-state index is 10.5. The summed E-state index contributed by atoms with van der Waals surface area (Å²) in [4.78, 5) is 0. The molecule has 0 heterocycles. The van der Waals surface area contributed by atoms with E-state index in [1.165, 1.54) is 25.7 Å². The Hall–Kier alpha value is 0.200. The Morgan fingerprint density at radius 1 is 1.31 bits per heavy atom. The highest BCUT2D eigenvalue weighted by Crippen LogP contribution is 2.24. The van der Waals surface area contributed by atoms with Crippen molar-refractivity contribution in [2.45, 2.75) is 25.7 Å². The standard InChI is InChI=1S/C8H15ClO3S/c9-13(10,11)6-5-12-7-8-3-1-2-4-8/h8H,1-7H2. The lowest BCUT2D eigenvalue weighted by molar-refractivity contribution is 0.114. The highest BCUT2D eigenvalue weighted by Gasteiger charge is 2.15. The molecule has 0 saturated heterocycles. The Balaban J connectivity index is 2.01. The van der Waals surface area contributed by atoms with E-state index in [1.807, 2.05) is 0 Å². The number of halogens is 1. The molecule has 5 heteroatoms. The lowest BCUT2D eigenvalue weighted by Crippen LogP contribution is -2.11. The molecule has 0 spiro atoms. The third-order valence-corrected chi connectivity index (χ3v) is 3.42. The van der Waals surface area contributed by atoms with Crippen molar-refractivity contribution in [3.05, 3.63) is 0 Å². The van der Waals surface area contributed by atoms with Crippen molar-refractivity contribution in [1.29, 1.82) is 0 Å². The molecule has 0 bridgehead atoms. The fourth-order valence-electron chi connectivity index (χ4n) is 1.59. The maximum Gasteiger partial charge on any atom is 0.234 e. The molecule has 1 saturated carbocycles. The first-order valence-corrected chi connectivity index (χ1v) is 7.06. The van der Waals surface area contributed by atoms with Gasteiger partial charge in [-0.25, -0.2) is 8.42 Å². The van der Waals surface area contributed by atoms with Crippen LogP contribution in [0.25, 0.3) is 0 Å². The van der Waals surface area contributed by atoms with Gasteiger partial charge < -0.3 is 4.74 Å². The van der Waals surface area contributed by atoms with Gasteiger partial charge in [0.1, 0.15) is 0 Å². The number of hydrogen-bond acceptors (Lipinski definition) is 3. The molecule has 0 aliphatic heterocycles. The summed E-state index contributed by atoms with van der Waals surface area (Å²) < 4.78 is 26.3. The third-order valence-electron chi connectivity index (χ3n) is 2.30. The van der Waals surface area contributed by atoms with Gasteiger partial charge in [0.15, 0.2) is 0 Å². The molecule has 0 unspecified atom stereocenters. The highest BCUT2D eigenvalue weighted by atomic mass is 35.7. The van der Waals surface area contributed by atoms with Crippen LogP contribution in [0.3, 0.4) is 0 Å². The molecule has 13 heavy (non-hydrogen) atoms. The van der Waals surface area contributed by atoms with Gasteiger partial charge in [0.05, 0.1) is 12.4 Å². The van der Waals surface area contributed by atoms with E-state index in [0.717, 1.165) is 0 Å². The van der Waals surface area contributed by atoms with Gasteiger partial charge >= 0.3 is 0 Å². The molecule has 0 amide bonds. The van der Waals surface area contributed by atoms with Gasteiger partial charge in [0, 0.05) is 17.3 Å². The van der Waals surface area contributed by atoms with Crippen LogP contribution in [-0.2, 0) is 13.8 Å². The first-order chi connectivity index (χ1) is 6.08. The quantitative estimate of drug-likeness (QED) is 0.530. The molecule has 0 aromatic carbocycles. The molecular formula is C8H15ClO3S. The Labute approximate surface area is 83.8 Å². The summed E-state index contributed by atoms with van der Waals surface area (Å²) in [5.41, 5.74) is 0. The molecule has 0 radical (unpaired) electrons. The molecule has 1 aliphatic rings. The van der Waals surface area contributed by atoms with E-state index in [-0.39, 0.29) is 12.4 Å². The van der Waals surface area contributed by atoms with Crippen LogP contribution in [-0.4, -0.2) is 27.4 Å². The fraction of sp³-hybridized carbons (Fsp3) is 1.00. The van der Waals surface area contributed by atoms with E-state index in [1.54, 1.807) is 0 Å². The van der Waals surface area contributed by atoms with Crippen LogP contribution in [0.4, 0.5) is 0 Å². The lowest BCUT2D eigenvalue weighted by atomic mass is 10.1. The second-order valence-corrected chi connectivity index (χ2v) is 6.36. The second-order valence-electron chi connectivity index (χ2n) is 3.47. The first-order valence-electron chi connectivity index (χ1n) is 4.58. The summed E-state index contributed by atoms with van der Waals surface area (Å²) in [6.45, 7) is 0.911. The van der Waals surface area contributed by atoms with E-state index in [9.17, 15) is 8.42 Å². The Kier molecular flexibility index (Phi) is 4.49. The summed E-state index contributed by atoms with van der Waals surface area (Å²) in [6.07, 6.45) is 4.99. The molecule has 0 aromatic heterocycles. The van der Waals surface area contributed by atoms with Crippen molar-refractivity contribution in [3.8, 4) is 0 Å². The van der Waals surface area contributed by atoms with Crippen molar-refractivity contribution < 1.29 is 13.2 Å². The third kappa shape index (κ3) is 5.49. The second kappa shape index (κ2) is 5.17. The minimum absolute atomic E-state index is 0.0821. The molecule has 0 N–H and O–H groups in total. The lowest BCUT2D eigenvalue weighted by Gasteiger charge is -2.08. The summed E-state index contributed by atoms with van der Waals surface area (Å²) in [5, 5.41) is 0. The van der Waals surface area contributed by atoms with Gasteiger partial charge in [0.25, 0.3) is 0 Å². The van der Waals surface area contributed by atoms with Crippen molar-refractivity contribution in [2.75, 3.05) is 19.0 Å². The molecule has 3 nitrogen and oxygen atoms in total. The number of rotatable bonds is 5. The van der Waals surface area contributed by atoms with Crippen LogP contribution in [0.1, 0.15) is 25.7 Å². The molecule has 0 atom stereocenters. The SMILES string of the molecule is O=S(=O)(Cl)CCOCC1CCCC1. The minimum atomic E-state index is -3.37. The van der Waals surface area contributed by atoms with Gasteiger partial charge in [-0.1, -0.05) is 12.8 Å². The summed E-state index contributed by atoms with van der Waals surface area (Å²) in [6, 6.07) is 0. The maximum atomic E-state index is 10.5. The van der Waals surface area contributed by atoms with Gasteiger partial charge in [-0.15, -0.1) is 0 Å². The van der Waals surface area contributed by atoms with Crippen molar-refractivity contribution >= 4 is 19.7 Å².